The molecule has 8 N–H and O–H groups in total. The number of phosphoric acid groups is 2. The number of nitrogens with zero attached hydrogens (tertiary/aromatic N) is 1. The molecule has 0 aromatic carbocycles. The predicted molar refractivity (Wildman–Crippen MR) is 114 cm³/mol. The quantitative estimate of drug-likeness (QED) is 0.105. The zero-order valence-corrected chi connectivity index (χ0v) is 24.6. The molecule has 2 aliphatic heterocycles. The van der Waals surface area contributed by atoms with Crippen molar-refractivity contribution in [2.75, 3.05) is 13.2 Å². The van der Waals surface area contributed by atoms with Gasteiger partial charge in [-0.2, -0.15) is 4.31 Å². The molecule has 10 unspecified atom stereocenters. The van der Waals surface area contributed by atoms with Gasteiger partial charge in [0, 0.05) is 71.4 Å². The van der Waals surface area contributed by atoms with E-state index in [9.17, 15) is 54.0 Å². The zero-order valence-electron chi connectivity index (χ0n) is 18.8. The Labute approximate surface area is 245 Å². The number of ether oxygens (including phenoxy) is 2. The molecule has 0 spiro atoms. The van der Waals surface area contributed by atoms with Gasteiger partial charge in [0.15, 0.2) is 12.5 Å². The summed E-state index contributed by atoms with van der Waals surface area (Å²) in [6.45, 7) is -1.59. The molecule has 1 aromatic rings. The maximum Gasteiger partial charge on any atom is 0.483 e. The summed E-state index contributed by atoms with van der Waals surface area (Å²) in [5.41, 5.74) is -1.72. The summed E-state index contributed by atoms with van der Waals surface area (Å²) >= 11 is 0. The van der Waals surface area contributed by atoms with E-state index in [0.29, 0.717) is 0 Å². The van der Waals surface area contributed by atoms with E-state index in [0.717, 1.165) is 16.8 Å². The van der Waals surface area contributed by atoms with Crippen molar-refractivity contribution in [2.24, 2.45) is 0 Å². The van der Waals surface area contributed by atoms with E-state index in [1.165, 1.54) is 0 Å². The number of aliphatic hydroxyl groups excluding tert-OH is 5. The molecule has 10 atom stereocenters. The number of hydrogen-bond donors (Lipinski definition) is 8. The van der Waals surface area contributed by atoms with Crippen LogP contribution in [0.2, 0.25) is 0 Å². The molecule has 2 aliphatic rings. The van der Waals surface area contributed by atoms with Gasteiger partial charge < -0.3 is 44.8 Å². The fourth-order valence-corrected chi connectivity index (χ4v) is 5.24. The molecule has 3 rings (SSSR count). The molecule has 3 heterocycles. The van der Waals surface area contributed by atoms with E-state index in [1.807, 2.05) is 4.98 Å². The van der Waals surface area contributed by atoms with E-state index < -0.39 is 89.2 Å². The average molecular weight is 582 g/mol. The van der Waals surface area contributed by atoms with Gasteiger partial charge in [0.05, 0.1) is 13.2 Å². The zero-order chi connectivity index (χ0) is 25.4. The molecule has 2 saturated heterocycles. The predicted octanol–water partition coefficient (Wildman–Crippen LogP) is -4.92. The van der Waals surface area contributed by atoms with Crippen molar-refractivity contribution in [2.45, 2.75) is 49.1 Å². The number of hydrogen-bond acceptors (Lipinski definition) is 14. The van der Waals surface area contributed by atoms with Gasteiger partial charge in [-0.3, -0.25) is 23.4 Å². The molecule has 2 radical (unpaired) electrons. The summed E-state index contributed by atoms with van der Waals surface area (Å²) in [6.07, 6.45) is -13.0. The second-order valence-electron chi connectivity index (χ2n) is 7.23. The first kappa shape index (κ1) is 34.7. The van der Waals surface area contributed by atoms with E-state index in [1.54, 1.807) is 0 Å². The summed E-state index contributed by atoms with van der Waals surface area (Å²) in [4.78, 5) is 44.3. The van der Waals surface area contributed by atoms with Crippen LogP contribution in [0.1, 0.15) is 6.23 Å². The fraction of sp³-hybridized carbons (Fsp3) is 0.714. The Bertz CT molecular complexity index is 1090. The Morgan fingerprint density at radius 3 is 2.25 bits per heavy atom. The summed E-state index contributed by atoms with van der Waals surface area (Å²) in [5, 5.41) is 48.8. The van der Waals surface area contributed by atoms with Gasteiger partial charge in [-0.15, -0.1) is 0 Å². The van der Waals surface area contributed by atoms with Gasteiger partial charge in [0.1, 0.15) is 36.6 Å². The number of H-pyrrole nitrogens is 1. The third kappa shape index (κ3) is 8.58. The third-order valence-corrected chi connectivity index (χ3v) is 7.36. The van der Waals surface area contributed by atoms with Crippen LogP contribution in [-0.4, -0.2) is 160 Å². The largest absolute Gasteiger partial charge is 0.483 e. The monoisotopic (exact) mass is 582 g/mol. The first-order valence-corrected chi connectivity index (χ1v) is 12.4. The standard InChI is InChI=1S/C14H22N2O16P2.2Na/c17-5-3-28-13(11(22)8(5)19)31-34(26,27)32-33(24,25)29-4-6-9(20)10(21)12(30-6)16-2-1-7(18)15-14(16)23;;/h1-2,5-6,8-13,17,19-22H,3-4H2,(H,24,25)(H,26,27)(H,15,18,23);;. The Morgan fingerprint density at radius 1 is 1.00 bits per heavy atom. The maximum atomic E-state index is 12.1. The average Bonchev–Trinajstić information content (AvgIpc) is 3.00. The van der Waals surface area contributed by atoms with Crippen LogP contribution in [0.15, 0.2) is 21.9 Å². The fourth-order valence-electron chi connectivity index (χ4n) is 3.07. The molecule has 2 fully saturated rings. The molecule has 18 nitrogen and oxygen atoms in total. The van der Waals surface area contributed by atoms with Crippen LogP contribution >= 0.6 is 15.6 Å². The van der Waals surface area contributed by atoms with Crippen LogP contribution in [0, 0.1) is 0 Å². The molecule has 1 aromatic heterocycles. The number of rotatable bonds is 8. The van der Waals surface area contributed by atoms with Crippen molar-refractivity contribution in [3.05, 3.63) is 33.1 Å². The second kappa shape index (κ2) is 13.8. The van der Waals surface area contributed by atoms with Gasteiger partial charge in [0.2, 0.25) is 0 Å². The van der Waals surface area contributed by atoms with Crippen LogP contribution in [-0.2, 0) is 32.0 Å². The van der Waals surface area contributed by atoms with Crippen LogP contribution in [0.4, 0.5) is 0 Å². The van der Waals surface area contributed by atoms with Crippen molar-refractivity contribution in [1.29, 1.82) is 0 Å². The molecule has 0 saturated carbocycles. The molecular weight excluding hydrogens is 560 g/mol. The molecule has 0 amide bonds. The number of aliphatic hydroxyl groups is 5. The summed E-state index contributed by atoms with van der Waals surface area (Å²) in [7, 11) is -10.9. The Kier molecular flexibility index (Phi) is 13.3. The van der Waals surface area contributed by atoms with Gasteiger partial charge >= 0.3 is 21.3 Å². The van der Waals surface area contributed by atoms with Gasteiger partial charge in [0.25, 0.3) is 5.56 Å². The minimum Gasteiger partial charge on any atom is -0.388 e. The third-order valence-electron chi connectivity index (χ3n) is 4.76. The summed E-state index contributed by atoms with van der Waals surface area (Å²) in [6, 6.07) is 0.939. The Hall–Kier alpha value is 0.660. The summed E-state index contributed by atoms with van der Waals surface area (Å²) in [5.74, 6) is 0. The van der Waals surface area contributed by atoms with Crippen LogP contribution in [0.3, 0.4) is 0 Å². The van der Waals surface area contributed by atoms with Crippen molar-refractivity contribution < 1.29 is 67.3 Å². The molecular formula is C14H22N2Na2O16P2. The number of aromatic amines is 1. The van der Waals surface area contributed by atoms with Crippen molar-refractivity contribution in [1.82, 2.24) is 9.55 Å². The Morgan fingerprint density at radius 2 is 1.64 bits per heavy atom. The van der Waals surface area contributed by atoms with Gasteiger partial charge in [-0.1, -0.05) is 0 Å². The first-order chi connectivity index (χ1) is 15.7. The smallest absolute Gasteiger partial charge is 0.388 e. The number of aromatic nitrogens is 2. The minimum absolute atomic E-state index is 0. The van der Waals surface area contributed by atoms with Gasteiger partial charge in [-0.25, -0.2) is 13.9 Å². The topological polar surface area (TPSA) is 277 Å². The maximum absolute atomic E-state index is 12.1. The Balaban J connectivity index is 0.00000324. The molecule has 196 valence electrons. The summed E-state index contributed by atoms with van der Waals surface area (Å²) < 4.78 is 47.7. The normalized spacial score (nSPS) is 35.6. The van der Waals surface area contributed by atoms with Crippen LogP contribution in [0.5, 0.6) is 0 Å². The number of phosphoric ester groups is 2. The van der Waals surface area contributed by atoms with Crippen molar-refractivity contribution in [3.63, 3.8) is 0 Å². The van der Waals surface area contributed by atoms with Gasteiger partial charge in [-0.05, 0) is 0 Å². The second-order valence-corrected chi connectivity index (χ2v) is 10.2. The first-order valence-electron chi connectivity index (χ1n) is 9.39. The SMILES string of the molecule is O=c1ccn(C2OC(COP(=O)(O)OP(=O)(O)OC3OCC(O)C(O)C3O)C(O)C2O)c(=O)[nH]1.[Na].[Na]. The molecule has 0 aliphatic carbocycles. The molecule has 22 heteroatoms. The molecule has 0 bridgehead atoms. The van der Waals surface area contributed by atoms with Crippen LogP contribution in [0.25, 0.3) is 0 Å². The molecule has 36 heavy (non-hydrogen) atoms. The van der Waals surface area contributed by atoms with E-state index in [4.69, 9.17) is 9.47 Å². The van der Waals surface area contributed by atoms with Crippen LogP contribution < -0.4 is 11.2 Å². The van der Waals surface area contributed by atoms with Crippen molar-refractivity contribution in [3.8, 4) is 0 Å². The van der Waals surface area contributed by atoms with E-state index >= 15 is 0 Å². The van der Waals surface area contributed by atoms with E-state index in [2.05, 4.69) is 13.4 Å². The minimum atomic E-state index is -5.47. The van der Waals surface area contributed by atoms with Crippen molar-refractivity contribution >= 4 is 74.8 Å². The number of nitrogens with one attached hydrogen (secondary N) is 1. The van der Waals surface area contributed by atoms with E-state index in [-0.39, 0.29) is 59.1 Å².